The molecule has 6 nitrogen and oxygen atoms in total. The monoisotopic (exact) mass is 581 g/mol. The topological polar surface area (TPSA) is 66.0 Å². The van der Waals surface area contributed by atoms with Gasteiger partial charge in [0.05, 0.1) is 11.6 Å². The largest absolute Gasteiger partial charge is 0.573 e. The zero-order valence-electron chi connectivity index (χ0n) is 23.7. The molecule has 1 fully saturated rings. The van der Waals surface area contributed by atoms with E-state index in [1.807, 2.05) is 87.5 Å². The van der Waals surface area contributed by atoms with Gasteiger partial charge in [-0.15, -0.1) is 13.2 Å². The molecule has 42 heavy (non-hydrogen) atoms. The molecule has 1 aliphatic carbocycles. The van der Waals surface area contributed by atoms with Crippen LogP contribution in [0.2, 0.25) is 0 Å². The van der Waals surface area contributed by atoms with Crippen molar-refractivity contribution in [3.8, 4) is 11.5 Å². The number of carbonyl (C=O) groups is 1. The van der Waals surface area contributed by atoms with E-state index in [4.69, 9.17) is 14.3 Å². The summed E-state index contributed by atoms with van der Waals surface area (Å²) >= 11 is 0. The maximum absolute atomic E-state index is 13.5. The summed E-state index contributed by atoms with van der Waals surface area (Å²) in [5, 5.41) is 0. The van der Waals surface area contributed by atoms with Gasteiger partial charge in [0.25, 0.3) is 0 Å². The lowest BCUT2D eigenvalue weighted by atomic mass is 9.65. The molecule has 0 amide bonds. The number of benzene rings is 3. The van der Waals surface area contributed by atoms with Crippen molar-refractivity contribution in [2.24, 2.45) is 5.92 Å². The van der Waals surface area contributed by atoms with Crippen LogP contribution in [0.1, 0.15) is 62.6 Å². The van der Waals surface area contributed by atoms with Crippen molar-refractivity contribution in [1.82, 2.24) is 5.48 Å². The Bertz CT molecular complexity index is 1420. The zero-order valence-corrected chi connectivity index (χ0v) is 23.7. The summed E-state index contributed by atoms with van der Waals surface area (Å²) in [4.78, 5) is 19.8. The van der Waals surface area contributed by atoms with Gasteiger partial charge in [0.1, 0.15) is 29.3 Å². The van der Waals surface area contributed by atoms with E-state index in [1.54, 1.807) is 0 Å². The quantitative estimate of drug-likeness (QED) is 0.289. The molecule has 9 heteroatoms. The van der Waals surface area contributed by atoms with E-state index in [2.05, 4.69) is 10.2 Å². The second kappa shape index (κ2) is 11.7. The van der Waals surface area contributed by atoms with Gasteiger partial charge in [-0.05, 0) is 75.4 Å². The third kappa shape index (κ3) is 6.90. The number of esters is 1. The van der Waals surface area contributed by atoms with Crippen molar-refractivity contribution in [2.75, 3.05) is 0 Å². The average Bonchev–Trinajstić information content (AvgIpc) is 3.35. The first kappa shape index (κ1) is 29.5. The van der Waals surface area contributed by atoms with Crippen LogP contribution >= 0.6 is 0 Å². The first-order valence-corrected chi connectivity index (χ1v) is 13.9. The second-order valence-corrected chi connectivity index (χ2v) is 11.6. The van der Waals surface area contributed by atoms with Gasteiger partial charge in [-0.1, -0.05) is 60.7 Å². The maximum Gasteiger partial charge on any atom is 0.573 e. The van der Waals surface area contributed by atoms with Gasteiger partial charge in [0.15, 0.2) is 0 Å². The van der Waals surface area contributed by atoms with Gasteiger partial charge < -0.3 is 14.2 Å². The molecule has 222 valence electrons. The van der Waals surface area contributed by atoms with Crippen molar-refractivity contribution >= 4 is 11.7 Å². The van der Waals surface area contributed by atoms with Gasteiger partial charge in [0.2, 0.25) is 0 Å². The van der Waals surface area contributed by atoms with Crippen LogP contribution < -0.4 is 15.0 Å². The highest BCUT2D eigenvalue weighted by Gasteiger charge is 2.52. The third-order valence-corrected chi connectivity index (χ3v) is 7.33. The van der Waals surface area contributed by atoms with Gasteiger partial charge in [0, 0.05) is 11.5 Å². The fourth-order valence-electron chi connectivity index (χ4n) is 5.71. The number of ether oxygens (including phenoxy) is 3. The van der Waals surface area contributed by atoms with Crippen LogP contribution in [0, 0.1) is 5.92 Å². The molecule has 0 bridgehead atoms. The highest BCUT2D eigenvalue weighted by atomic mass is 19.4. The Morgan fingerprint density at radius 3 is 2.36 bits per heavy atom. The molecule has 1 unspecified atom stereocenters. The molecule has 1 N–H and O–H groups in total. The van der Waals surface area contributed by atoms with Gasteiger partial charge in [-0.3, -0.25) is 15.1 Å². The molecule has 0 saturated heterocycles. The molecule has 0 radical (unpaired) electrons. The number of nitrogens with one attached hydrogen (secondary N) is 1. The number of hydroxylamine groups is 1. The van der Waals surface area contributed by atoms with Crippen molar-refractivity contribution in [3.05, 3.63) is 102 Å². The smallest absolute Gasteiger partial charge is 0.488 e. The number of hydrogen-bond donors (Lipinski definition) is 1. The fourth-order valence-corrected chi connectivity index (χ4v) is 5.71. The SMILES string of the molecule is CC(C)(C)OC(=O)C1CCC[C@]2(C=C(c3cc(OC(F)(F)F)ccc3OCc3ccccc3)NO2)[C@@H]1c1ccccc1. The van der Waals surface area contributed by atoms with Gasteiger partial charge in [-0.2, -0.15) is 0 Å². The molecule has 1 spiro atoms. The van der Waals surface area contributed by atoms with Gasteiger partial charge >= 0.3 is 12.3 Å². The Morgan fingerprint density at radius 2 is 1.69 bits per heavy atom. The lowest BCUT2D eigenvalue weighted by Crippen LogP contribution is -2.47. The van der Waals surface area contributed by atoms with E-state index in [-0.39, 0.29) is 18.3 Å². The minimum absolute atomic E-state index is 0.208. The Morgan fingerprint density at radius 1 is 1.00 bits per heavy atom. The summed E-state index contributed by atoms with van der Waals surface area (Å²) in [7, 11) is 0. The number of halogens is 3. The summed E-state index contributed by atoms with van der Waals surface area (Å²) in [6.07, 6.45) is -1.11. The van der Waals surface area contributed by atoms with Crippen molar-refractivity contribution in [2.45, 2.75) is 70.1 Å². The normalized spacial score (nSPS) is 22.3. The van der Waals surface area contributed by atoms with Crippen molar-refractivity contribution in [1.29, 1.82) is 0 Å². The van der Waals surface area contributed by atoms with Crippen LogP contribution in [0.4, 0.5) is 13.2 Å². The molecule has 1 aliphatic heterocycles. The second-order valence-electron chi connectivity index (χ2n) is 11.6. The first-order chi connectivity index (χ1) is 19.9. The lowest BCUT2D eigenvalue weighted by Gasteiger charge is -2.43. The van der Waals surface area contributed by atoms with E-state index in [1.165, 1.54) is 18.2 Å². The standard InChI is InChI=1S/C33H34F3NO5/c1-31(2,3)41-30(38)25-15-10-18-32(29(25)23-13-8-5-9-14-23)20-27(37-42-32)26-19-24(40-33(34,35)36)16-17-28(26)39-21-22-11-6-4-7-12-22/h4-9,11-14,16-17,19-20,25,29,37H,10,15,18,21H2,1-3H3/t25?,29-,32+/m1/s1. The summed E-state index contributed by atoms with van der Waals surface area (Å²) < 4.78 is 55.5. The highest BCUT2D eigenvalue weighted by Crippen LogP contribution is 2.51. The van der Waals surface area contributed by atoms with E-state index in [9.17, 15) is 18.0 Å². The fraction of sp³-hybridized carbons (Fsp3) is 0.364. The number of alkyl halides is 3. The van der Waals surface area contributed by atoms with Crippen LogP contribution in [-0.2, 0) is 21.0 Å². The molecule has 3 aromatic rings. The maximum atomic E-state index is 13.5. The van der Waals surface area contributed by atoms with Crippen LogP contribution in [0.25, 0.3) is 5.70 Å². The van der Waals surface area contributed by atoms with Crippen LogP contribution in [-0.4, -0.2) is 23.5 Å². The zero-order chi connectivity index (χ0) is 30.0. The van der Waals surface area contributed by atoms with E-state index >= 15 is 0 Å². The summed E-state index contributed by atoms with van der Waals surface area (Å²) in [6, 6.07) is 23.0. The van der Waals surface area contributed by atoms with E-state index in [0.29, 0.717) is 36.3 Å². The minimum atomic E-state index is -4.86. The molecule has 0 aromatic heterocycles. The molecule has 5 rings (SSSR count). The highest BCUT2D eigenvalue weighted by molar-refractivity contribution is 5.77. The predicted molar refractivity (Wildman–Crippen MR) is 151 cm³/mol. The lowest BCUT2D eigenvalue weighted by molar-refractivity contribution is -0.274. The Hall–Kier alpha value is -3.98. The number of hydrogen-bond acceptors (Lipinski definition) is 6. The minimum Gasteiger partial charge on any atom is -0.488 e. The Labute approximate surface area is 243 Å². The van der Waals surface area contributed by atoms with E-state index in [0.717, 1.165) is 11.1 Å². The molecule has 1 saturated carbocycles. The number of carbonyl (C=O) groups excluding carboxylic acids is 1. The van der Waals surface area contributed by atoms with Crippen LogP contribution in [0.15, 0.2) is 84.9 Å². The average molecular weight is 582 g/mol. The van der Waals surface area contributed by atoms with Crippen molar-refractivity contribution < 1.29 is 37.0 Å². The molecule has 2 aliphatic rings. The Kier molecular flexibility index (Phi) is 8.23. The Balaban J connectivity index is 1.54. The molecular weight excluding hydrogens is 547 g/mol. The first-order valence-electron chi connectivity index (χ1n) is 13.9. The van der Waals surface area contributed by atoms with Gasteiger partial charge in [-0.25, -0.2) is 0 Å². The third-order valence-electron chi connectivity index (χ3n) is 7.33. The van der Waals surface area contributed by atoms with Crippen LogP contribution in [0.5, 0.6) is 11.5 Å². The summed E-state index contributed by atoms with van der Waals surface area (Å²) in [5.41, 5.74) is 3.91. The van der Waals surface area contributed by atoms with E-state index < -0.39 is 29.4 Å². The summed E-state index contributed by atoms with van der Waals surface area (Å²) in [5.74, 6) is -1.25. The predicted octanol–water partition coefficient (Wildman–Crippen LogP) is 7.70. The molecule has 1 heterocycles. The molecule has 3 aromatic carbocycles. The molecular formula is C33H34F3NO5. The molecule has 3 atom stereocenters. The summed E-state index contributed by atoms with van der Waals surface area (Å²) in [6.45, 7) is 5.71. The van der Waals surface area contributed by atoms with Crippen LogP contribution in [0.3, 0.4) is 0 Å². The number of rotatable bonds is 7. The van der Waals surface area contributed by atoms with Crippen molar-refractivity contribution in [3.63, 3.8) is 0 Å².